The molecule has 2 saturated heterocycles. The normalized spacial score (nSPS) is 28.4. The van der Waals surface area contributed by atoms with E-state index in [1.54, 1.807) is 7.11 Å². The second-order valence-electron chi connectivity index (χ2n) is 9.04. The number of fused-ring (bicyclic) bond motifs is 1. The van der Waals surface area contributed by atoms with Gasteiger partial charge in [-0.05, 0) is 25.0 Å². The third-order valence-corrected chi connectivity index (χ3v) is 6.06. The second-order valence-corrected chi connectivity index (χ2v) is 9.04. The molecule has 0 aromatic heterocycles. The Labute approximate surface area is 200 Å². The van der Waals surface area contributed by atoms with E-state index in [0.717, 1.165) is 11.1 Å². The van der Waals surface area contributed by atoms with E-state index in [1.807, 2.05) is 74.5 Å². The van der Waals surface area contributed by atoms with Crippen molar-refractivity contribution in [1.82, 2.24) is 0 Å². The van der Waals surface area contributed by atoms with Gasteiger partial charge >= 0.3 is 0 Å². The lowest BCUT2D eigenvalue weighted by Crippen LogP contribution is -2.52. The van der Waals surface area contributed by atoms with Crippen molar-refractivity contribution in [3.05, 3.63) is 71.8 Å². The van der Waals surface area contributed by atoms with Crippen molar-refractivity contribution in [3.63, 3.8) is 0 Å². The van der Waals surface area contributed by atoms with Gasteiger partial charge in [-0.1, -0.05) is 60.7 Å². The molecular weight excluding hydrogens is 440 g/mol. The van der Waals surface area contributed by atoms with Gasteiger partial charge in [0.25, 0.3) is 0 Å². The largest absolute Gasteiger partial charge is 0.394 e. The van der Waals surface area contributed by atoms with Gasteiger partial charge in [-0.3, -0.25) is 0 Å². The van der Waals surface area contributed by atoms with Crippen molar-refractivity contribution in [2.45, 2.75) is 75.8 Å². The lowest BCUT2D eigenvalue weighted by atomic mass is 9.97. The average molecular weight is 475 g/mol. The molecule has 2 aromatic rings. The summed E-state index contributed by atoms with van der Waals surface area (Å²) in [7, 11) is 1.55. The van der Waals surface area contributed by atoms with E-state index in [-0.39, 0.29) is 13.2 Å². The first kappa shape index (κ1) is 25.2. The Kier molecular flexibility index (Phi) is 8.34. The molecule has 0 bridgehead atoms. The molecule has 4 rings (SSSR count). The fraction of sp³-hybridized carbons (Fsp3) is 0.538. The second kappa shape index (κ2) is 11.2. The van der Waals surface area contributed by atoms with Crippen LogP contribution in [-0.4, -0.2) is 72.6 Å². The van der Waals surface area contributed by atoms with Crippen LogP contribution in [0.15, 0.2) is 60.7 Å². The fourth-order valence-corrected chi connectivity index (χ4v) is 4.48. The first-order valence-corrected chi connectivity index (χ1v) is 11.6. The average Bonchev–Trinajstić information content (AvgIpc) is 3.34. The standard InChI is InChI=1S/C26H34O8/c1-26(2)33-23-22(32-25(29-3)24(23)34-26)21(31-16-18-12-8-5-9-13-18)20(19(28)14-27)30-15-17-10-6-4-7-11-17/h4-13,19-25,27-28H,14-16H2,1-3H3/t19-,20+,21-,22-,23+,24+,25+/m1/s1. The van der Waals surface area contributed by atoms with E-state index in [2.05, 4.69) is 0 Å². The monoisotopic (exact) mass is 474 g/mol. The quantitative estimate of drug-likeness (QED) is 0.513. The van der Waals surface area contributed by atoms with Gasteiger partial charge in [-0.25, -0.2) is 0 Å². The number of aliphatic hydroxyl groups excluding tert-OH is 2. The van der Waals surface area contributed by atoms with Gasteiger partial charge in [0, 0.05) is 7.11 Å². The van der Waals surface area contributed by atoms with E-state index in [9.17, 15) is 10.2 Å². The number of hydrogen-bond acceptors (Lipinski definition) is 8. The Hall–Kier alpha value is -1.88. The molecule has 8 heteroatoms. The molecule has 7 atom stereocenters. The molecule has 34 heavy (non-hydrogen) atoms. The number of hydrogen-bond donors (Lipinski definition) is 2. The van der Waals surface area contributed by atoms with Crippen LogP contribution < -0.4 is 0 Å². The van der Waals surface area contributed by atoms with Crippen LogP contribution >= 0.6 is 0 Å². The molecule has 2 aromatic carbocycles. The van der Waals surface area contributed by atoms with Gasteiger partial charge in [0.05, 0.1) is 19.8 Å². The molecule has 0 spiro atoms. The first-order chi connectivity index (χ1) is 16.4. The van der Waals surface area contributed by atoms with Gasteiger partial charge in [0.15, 0.2) is 12.1 Å². The molecule has 2 heterocycles. The Morgan fingerprint density at radius 1 is 0.882 bits per heavy atom. The minimum absolute atomic E-state index is 0.227. The summed E-state index contributed by atoms with van der Waals surface area (Å²) >= 11 is 0. The molecule has 0 aliphatic carbocycles. The first-order valence-electron chi connectivity index (χ1n) is 11.6. The summed E-state index contributed by atoms with van der Waals surface area (Å²) in [6.45, 7) is 3.66. The Morgan fingerprint density at radius 3 is 2.00 bits per heavy atom. The predicted octanol–water partition coefficient (Wildman–Crippen LogP) is 2.40. The maximum absolute atomic E-state index is 10.8. The van der Waals surface area contributed by atoms with Gasteiger partial charge in [-0.2, -0.15) is 0 Å². The van der Waals surface area contributed by atoms with Crippen LogP contribution in [-0.2, 0) is 41.6 Å². The summed E-state index contributed by atoms with van der Waals surface area (Å²) in [5.41, 5.74) is 1.88. The summed E-state index contributed by atoms with van der Waals surface area (Å²) in [5, 5.41) is 20.6. The van der Waals surface area contributed by atoms with Crippen LogP contribution in [0.4, 0.5) is 0 Å². The molecule has 2 N–H and O–H groups in total. The maximum atomic E-state index is 10.8. The van der Waals surface area contributed by atoms with Crippen LogP contribution in [0.3, 0.4) is 0 Å². The SMILES string of the molecule is CO[C@H]1O[C@H]([C@H](OCc2ccccc2)[C@@H](OCc2ccccc2)[C@H](O)CO)[C@@H]2OC(C)(C)O[C@H]12. The number of aliphatic hydroxyl groups is 2. The van der Waals surface area contributed by atoms with Crippen LogP contribution in [0.2, 0.25) is 0 Å². The van der Waals surface area contributed by atoms with Crippen LogP contribution in [0.25, 0.3) is 0 Å². The third kappa shape index (κ3) is 5.84. The van der Waals surface area contributed by atoms with Crippen LogP contribution in [0, 0.1) is 0 Å². The number of methoxy groups -OCH3 is 1. The summed E-state index contributed by atoms with van der Waals surface area (Å²) in [6, 6.07) is 19.3. The molecule has 8 nitrogen and oxygen atoms in total. The van der Waals surface area contributed by atoms with Crippen molar-refractivity contribution in [2.75, 3.05) is 13.7 Å². The van der Waals surface area contributed by atoms with E-state index in [0.29, 0.717) is 0 Å². The maximum Gasteiger partial charge on any atom is 0.186 e. The zero-order chi connectivity index (χ0) is 24.1. The molecule has 186 valence electrons. The van der Waals surface area contributed by atoms with Gasteiger partial charge < -0.3 is 38.6 Å². The third-order valence-electron chi connectivity index (χ3n) is 6.06. The summed E-state index contributed by atoms with van der Waals surface area (Å²) < 4.78 is 36.4. The summed E-state index contributed by atoms with van der Waals surface area (Å²) in [6.07, 6.45) is -5.19. The molecule has 0 radical (unpaired) electrons. The summed E-state index contributed by atoms with van der Waals surface area (Å²) in [5.74, 6) is -0.825. The lowest BCUT2D eigenvalue weighted by Gasteiger charge is -2.35. The zero-order valence-electron chi connectivity index (χ0n) is 19.8. The Balaban J connectivity index is 1.61. The molecule has 2 aliphatic rings. The van der Waals surface area contributed by atoms with Crippen molar-refractivity contribution in [1.29, 1.82) is 0 Å². The molecule has 0 unspecified atom stereocenters. The minimum atomic E-state index is -1.21. The van der Waals surface area contributed by atoms with E-state index >= 15 is 0 Å². The molecule has 0 amide bonds. The molecule has 2 aliphatic heterocycles. The Bertz CT molecular complexity index is 877. The van der Waals surface area contributed by atoms with Gasteiger partial charge in [0.2, 0.25) is 0 Å². The van der Waals surface area contributed by atoms with Crippen molar-refractivity contribution < 1.29 is 38.6 Å². The zero-order valence-corrected chi connectivity index (χ0v) is 19.8. The Morgan fingerprint density at radius 2 is 1.44 bits per heavy atom. The van der Waals surface area contributed by atoms with E-state index < -0.39 is 55.3 Å². The van der Waals surface area contributed by atoms with Crippen LogP contribution in [0.1, 0.15) is 25.0 Å². The van der Waals surface area contributed by atoms with Crippen LogP contribution in [0.5, 0.6) is 0 Å². The number of benzene rings is 2. The van der Waals surface area contributed by atoms with Crippen molar-refractivity contribution >= 4 is 0 Å². The number of rotatable bonds is 11. The summed E-state index contributed by atoms with van der Waals surface area (Å²) in [4.78, 5) is 0. The topological polar surface area (TPSA) is 95.8 Å². The van der Waals surface area contributed by atoms with E-state index in [1.165, 1.54) is 0 Å². The highest BCUT2D eigenvalue weighted by Crippen LogP contribution is 2.41. The predicted molar refractivity (Wildman–Crippen MR) is 123 cm³/mol. The fourth-order valence-electron chi connectivity index (χ4n) is 4.48. The van der Waals surface area contributed by atoms with Gasteiger partial charge in [-0.15, -0.1) is 0 Å². The van der Waals surface area contributed by atoms with Crippen molar-refractivity contribution in [2.24, 2.45) is 0 Å². The minimum Gasteiger partial charge on any atom is -0.394 e. The molecule has 0 saturated carbocycles. The highest BCUT2D eigenvalue weighted by Gasteiger charge is 2.59. The smallest absolute Gasteiger partial charge is 0.186 e. The van der Waals surface area contributed by atoms with E-state index in [4.69, 9.17) is 28.4 Å². The lowest BCUT2D eigenvalue weighted by molar-refractivity contribution is -0.255. The molecular formula is C26H34O8. The highest BCUT2D eigenvalue weighted by atomic mass is 16.8. The molecule has 2 fully saturated rings. The highest BCUT2D eigenvalue weighted by molar-refractivity contribution is 5.15. The van der Waals surface area contributed by atoms with Gasteiger partial charge in [0.1, 0.15) is 36.6 Å². The van der Waals surface area contributed by atoms with Crippen molar-refractivity contribution in [3.8, 4) is 0 Å². The number of ether oxygens (including phenoxy) is 6.